The molecule has 0 aromatic carbocycles. The highest BCUT2D eigenvalue weighted by Crippen LogP contribution is 2.06. The normalized spacial score (nSPS) is 12.2. The van der Waals surface area contributed by atoms with Crippen molar-refractivity contribution in [2.45, 2.75) is 26.7 Å². The molecule has 0 saturated heterocycles. The van der Waals surface area contributed by atoms with E-state index in [0.29, 0.717) is 18.9 Å². The van der Waals surface area contributed by atoms with Crippen LogP contribution in [0.15, 0.2) is 11.1 Å². The van der Waals surface area contributed by atoms with Crippen molar-refractivity contribution >= 4 is 21.8 Å². The van der Waals surface area contributed by atoms with Crippen molar-refractivity contribution < 1.29 is 4.79 Å². The second kappa shape index (κ2) is 6.23. The van der Waals surface area contributed by atoms with Gasteiger partial charge in [-0.05, 0) is 5.92 Å². The van der Waals surface area contributed by atoms with Gasteiger partial charge in [-0.15, -0.1) is 0 Å². The second-order valence-electron chi connectivity index (χ2n) is 3.01. The summed E-state index contributed by atoms with van der Waals surface area (Å²) in [5, 5.41) is 2.76. The average Bonchev–Trinajstić information content (AvgIpc) is 2.00. The molecule has 0 spiro atoms. The molecule has 0 aliphatic rings. The molecule has 1 amide bonds. The lowest BCUT2D eigenvalue weighted by atomic mass is 10.1. The van der Waals surface area contributed by atoms with Gasteiger partial charge in [0.25, 0.3) is 0 Å². The number of hydrogen-bond donors (Lipinski definition) is 1. The SMILES string of the molecule is C=C(Br)CNC(=O)CC(C)CC. The summed E-state index contributed by atoms with van der Waals surface area (Å²) in [5.74, 6) is 0.568. The second-order valence-corrected chi connectivity index (χ2v) is 4.13. The first-order valence-corrected chi connectivity index (χ1v) is 4.95. The number of carbonyl (C=O) groups excluding carboxylic acids is 1. The predicted molar refractivity (Wildman–Crippen MR) is 55.1 cm³/mol. The fourth-order valence-electron chi connectivity index (χ4n) is 0.727. The Bertz CT molecular complexity index is 168. The van der Waals surface area contributed by atoms with Crippen LogP contribution in [-0.4, -0.2) is 12.5 Å². The maximum absolute atomic E-state index is 11.1. The Hall–Kier alpha value is -0.310. The minimum atomic E-state index is 0.102. The van der Waals surface area contributed by atoms with Crippen LogP contribution in [0.4, 0.5) is 0 Å². The molecule has 0 aliphatic carbocycles. The predicted octanol–water partition coefficient (Wildman–Crippen LogP) is 2.45. The van der Waals surface area contributed by atoms with Crippen molar-refractivity contribution in [1.82, 2.24) is 5.32 Å². The van der Waals surface area contributed by atoms with Crippen LogP contribution in [0.25, 0.3) is 0 Å². The standard InChI is InChI=1S/C9H16BrNO/c1-4-7(2)5-9(12)11-6-8(3)10/h7H,3-6H2,1-2H3,(H,11,12). The van der Waals surface area contributed by atoms with Crippen LogP contribution in [0.3, 0.4) is 0 Å². The van der Waals surface area contributed by atoms with E-state index in [1.165, 1.54) is 0 Å². The minimum absolute atomic E-state index is 0.102. The van der Waals surface area contributed by atoms with E-state index in [0.717, 1.165) is 10.9 Å². The minimum Gasteiger partial charge on any atom is -0.352 e. The molecular formula is C9H16BrNO. The van der Waals surface area contributed by atoms with Gasteiger partial charge in [-0.1, -0.05) is 42.8 Å². The molecule has 1 unspecified atom stereocenters. The van der Waals surface area contributed by atoms with E-state index in [9.17, 15) is 4.79 Å². The summed E-state index contributed by atoms with van der Waals surface area (Å²) in [6.45, 7) is 8.31. The molecule has 0 aromatic rings. The molecule has 2 nitrogen and oxygen atoms in total. The largest absolute Gasteiger partial charge is 0.352 e. The molecule has 0 aliphatic heterocycles. The van der Waals surface area contributed by atoms with Crippen molar-refractivity contribution in [3.8, 4) is 0 Å². The van der Waals surface area contributed by atoms with Crippen LogP contribution >= 0.6 is 15.9 Å². The van der Waals surface area contributed by atoms with Crippen LogP contribution in [0.2, 0.25) is 0 Å². The Morgan fingerprint density at radius 1 is 1.67 bits per heavy atom. The summed E-state index contributed by atoms with van der Waals surface area (Å²) in [6, 6.07) is 0. The number of halogens is 1. The molecule has 0 rings (SSSR count). The molecule has 1 N–H and O–H groups in total. The summed E-state index contributed by atoms with van der Waals surface area (Å²) in [7, 11) is 0. The maximum atomic E-state index is 11.1. The van der Waals surface area contributed by atoms with E-state index < -0.39 is 0 Å². The number of amides is 1. The van der Waals surface area contributed by atoms with Crippen molar-refractivity contribution in [2.24, 2.45) is 5.92 Å². The molecule has 0 fully saturated rings. The van der Waals surface area contributed by atoms with Gasteiger partial charge in [0, 0.05) is 17.4 Å². The molecule has 0 bridgehead atoms. The van der Waals surface area contributed by atoms with Gasteiger partial charge in [0.05, 0.1) is 0 Å². The topological polar surface area (TPSA) is 29.1 Å². The summed E-state index contributed by atoms with van der Waals surface area (Å²) in [6.07, 6.45) is 1.65. The van der Waals surface area contributed by atoms with Crippen LogP contribution in [0.5, 0.6) is 0 Å². The Kier molecular flexibility index (Phi) is 6.07. The fourth-order valence-corrected chi connectivity index (χ4v) is 0.868. The summed E-state index contributed by atoms with van der Waals surface area (Å²) in [5.41, 5.74) is 0. The van der Waals surface area contributed by atoms with Gasteiger partial charge in [-0.3, -0.25) is 4.79 Å². The Morgan fingerprint density at radius 2 is 2.25 bits per heavy atom. The van der Waals surface area contributed by atoms with Gasteiger partial charge in [-0.2, -0.15) is 0 Å². The van der Waals surface area contributed by atoms with Crippen molar-refractivity contribution in [2.75, 3.05) is 6.54 Å². The van der Waals surface area contributed by atoms with Gasteiger partial charge in [0.15, 0.2) is 0 Å². The zero-order chi connectivity index (χ0) is 9.56. The van der Waals surface area contributed by atoms with Crippen molar-refractivity contribution in [3.63, 3.8) is 0 Å². The van der Waals surface area contributed by atoms with Crippen LogP contribution < -0.4 is 5.32 Å². The van der Waals surface area contributed by atoms with E-state index >= 15 is 0 Å². The molecule has 1 atom stereocenters. The smallest absolute Gasteiger partial charge is 0.220 e. The van der Waals surface area contributed by atoms with Crippen molar-refractivity contribution in [1.29, 1.82) is 0 Å². The Balaban J connectivity index is 3.53. The zero-order valence-corrected chi connectivity index (χ0v) is 9.28. The molecule has 70 valence electrons. The molecule has 3 heteroatoms. The highest BCUT2D eigenvalue weighted by Gasteiger charge is 2.05. The van der Waals surface area contributed by atoms with Crippen LogP contribution in [-0.2, 0) is 4.79 Å². The Morgan fingerprint density at radius 3 is 2.67 bits per heavy atom. The first-order chi connectivity index (χ1) is 5.56. The molecule has 12 heavy (non-hydrogen) atoms. The first kappa shape index (κ1) is 11.7. The highest BCUT2D eigenvalue weighted by molar-refractivity contribution is 9.11. The maximum Gasteiger partial charge on any atom is 0.220 e. The third-order valence-electron chi connectivity index (χ3n) is 1.71. The lowest BCUT2D eigenvalue weighted by Crippen LogP contribution is -2.25. The van der Waals surface area contributed by atoms with E-state index in [1.54, 1.807) is 0 Å². The third kappa shape index (κ3) is 6.40. The quantitative estimate of drug-likeness (QED) is 0.777. The zero-order valence-electron chi connectivity index (χ0n) is 7.69. The van der Waals surface area contributed by atoms with E-state index in [2.05, 4.69) is 41.7 Å². The van der Waals surface area contributed by atoms with E-state index in [-0.39, 0.29) is 5.91 Å². The summed E-state index contributed by atoms with van der Waals surface area (Å²) in [4.78, 5) is 11.1. The molecule has 0 heterocycles. The van der Waals surface area contributed by atoms with Crippen LogP contribution in [0, 0.1) is 5.92 Å². The van der Waals surface area contributed by atoms with Gasteiger partial charge < -0.3 is 5.32 Å². The van der Waals surface area contributed by atoms with Crippen molar-refractivity contribution in [3.05, 3.63) is 11.1 Å². The summed E-state index contributed by atoms with van der Waals surface area (Å²) >= 11 is 3.18. The summed E-state index contributed by atoms with van der Waals surface area (Å²) < 4.78 is 0.806. The number of carbonyl (C=O) groups is 1. The number of hydrogen-bond acceptors (Lipinski definition) is 1. The fraction of sp³-hybridized carbons (Fsp3) is 0.667. The molecular weight excluding hydrogens is 218 g/mol. The molecule has 0 aromatic heterocycles. The van der Waals surface area contributed by atoms with Gasteiger partial charge in [0.2, 0.25) is 5.91 Å². The lowest BCUT2D eigenvalue weighted by Gasteiger charge is -2.08. The molecule has 0 saturated carbocycles. The monoisotopic (exact) mass is 233 g/mol. The number of rotatable bonds is 5. The first-order valence-electron chi connectivity index (χ1n) is 4.16. The van der Waals surface area contributed by atoms with Crippen LogP contribution in [0.1, 0.15) is 26.7 Å². The number of nitrogens with one attached hydrogen (secondary N) is 1. The highest BCUT2D eigenvalue weighted by atomic mass is 79.9. The molecule has 0 radical (unpaired) electrons. The lowest BCUT2D eigenvalue weighted by molar-refractivity contribution is -0.121. The van der Waals surface area contributed by atoms with Gasteiger partial charge in [0.1, 0.15) is 0 Å². The van der Waals surface area contributed by atoms with Gasteiger partial charge >= 0.3 is 0 Å². The van der Waals surface area contributed by atoms with E-state index in [1.807, 2.05) is 0 Å². The van der Waals surface area contributed by atoms with E-state index in [4.69, 9.17) is 0 Å². The average molecular weight is 234 g/mol. The Labute approximate surface area is 82.5 Å². The third-order valence-corrected chi connectivity index (χ3v) is 1.99. The van der Waals surface area contributed by atoms with Gasteiger partial charge in [-0.25, -0.2) is 0 Å².